The number of rotatable bonds is 3. The van der Waals surface area contributed by atoms with Crippen molar-refractivity contribution < 1.29 is 14.3 Å². The van der Waals surface area contributed by atoms with Crippen LogP contribution < -0.4 is 0 Å². The molecule has 4 rings (SSSR count). The number of aryl methyl sites for hydroxylation is 2. The van der Waals surface area contributed by atoms with E-state index < -0.39 is 5.60 Å². The fourth-order valence-corrected chi connectivity index (χ4v) is 3.73. The average Bonchev–Trinajstić information content (AvgIpc) is 3.21. The van der Waals surface area contributed by atoms with E-state index in [1.807, 2.05) is 32.2 Å². The van der Waals surface area contributed by atoms with Crippen molar-refractivity contribution in [3.05, 3.63) is 47.7 Å². The van der Waals surface area contributed by atoms with Crippen molar-refractivity contribution in [1.29, 1.82) is 0 Å². The van der Waals surface area contributed by atoms with Crippen LogP contribution in [0.1, 0.15) is 34.6 Å². The SMILES string of the molecule is Cc1cccc2c(C(=O)N3CCCC(O)(Cc4nncn4C)C3)coc12. The maximum Gasteiger partial charge on any atom is 0.257 e. The highest BCUT2D eigenvalue weighted by Gasteiger charge is 2.37. The zero-order valence-corrected chi connectivity index (χ0v) is 15.0. The number of β-amino-alcohol motifs (C(OH)–C–C–N with tert-alkyl or cyclic N) is 1. The van der Waals surface area contributed by atoms with Crippen molar-refractivity contribution in [2.24, 2.45) is 7.05 Å². The maximum atomic E-state index is 13.1. The van der Waals surface area contributed by atoms with Crippen molar-refractivity contribution in [3.8, 4) is 0 Å². The number of carbonyl (C=O) groups is 1. The first-order valence-corrected chi connectivity index (χ1v) is 8.78. The van der Waals surface area contributed by atoms with Crippen LogP contribution in [0.2, 0.25) is 0 Å². The summed E-state index contributed by atoms with van der Waals surface area (Å²) in [6, 6.07) is 5.78. The molecule has 3 aromatic rings. The summed E-state index contributed by atoms with van der Waals surface area (Å²) in [6.07, 6.45) is 4.89. The zero-order chi connectivity index (χ0) is 18.3. The standard InChI is InChI=1S/C19H22N4O3/c1-13-5-3-6-14-15(10-26-17(13)14)18(24)23-8-4-7-19(25,11-23)9-16-21-20-12-22(16)2/h3,5-6,10,12,25H,4,7-9,11H2,1-2H3. The van der Waals surface area contributed by atoms with Gasteiger partial charge < -0.3 is 19.0 Å². The summed E-state index contributed by atoms with van der Waals surface area (Å²) in [5.74, 6) is 0.608. The second-order valence-corrected chi connectivity index (χ2v) is 7.19. The largest absolute Gasteiger partial charge is 0.463 e. The van der Waals surface area contributed by atoms with Gasteiger partial charge in [-0.1, -0.05) is 18.2 Å². The first kappa shape index (κ1) is 16.8. The number of aromatic nitrogens is 3. The highest BCUT2D eigenvalue weighted by Crippen LogP contribution is 2.29. The molecule has 0 bridgehead atoms. The number of aliphatic hydroxyl groups is 1. The Morgan fingerprint density at radius 1 is 1.42 bits per heavy atom. The van der Waals surface area contributed by atoms with Crippen LogP contribution in [0.5, 0.6) is 0 Å². The van der Waals surface area contributed by atoms with Crippen molar-refractivity contribution in [1.82, 2.24) is 19.7 Å². The van der Waals surface area contributed by atoms with Crippen LogP contribution in [0.4, 0.5) is 0 Å². The van der Waals surface area contributed by atoms with E-state index in [0.717, 1.165) is 23.0 Å². The lowest BCUT2D eigenvalue weighted by Gasteiger charge is -2.39. The summed E-state index contributed by atoms with van der Waals surface area (Å²) in [7, 11) is 1.85. The Balaban J connectivity index is 1.58. The van der Waals surface area contributed by atoms with Gasteiger partial charge in [0.05, 0.1) is 17.7 Å². The van der Waals surface area contributed by atoms with Crippen LogP contribution >= 0.6 is 0 Å². The number of carbonyl (C=O) groups excluding carboxylic acids is 1. The summed E-state index contributed by atoms with van der Waals surface area (Å²) < 4.78 is 7.41. The van der Waals surface area contributed by atoms with Crippen LogP contribution in [0.25, 0.3) is 11.0 Å². The molecule has 7 heteroatoms. The molecule has 1 N–H and O–H groups in total. The van der Waals surface area contributed by atoms with E-state index in [-0.39, 0.29) is 12.5 Å². The van der Waals surface area contributed by atoms with E-state index >= 15 is 0 Å². The van der Waals surface area contributed by atoms with Gasteiger partial charge in [-0.25, -0.2) is 0 Å². The highest BCUT2D eigenvalue weighted by atomic mass is 16.3. The van der Waals surface area contributed by atoms with Gasteiger partial charge in [0.2, 0.25) is 0 Å². The third-order valence-electron chi connectivity index (χ3n) is 5.16. The van der Waals surface area contributed by atoms with Gasteiger partial charge in [0.1, 0.15) is 24.0 Å². The van der Waals surface area contributed by atoms with Gasteiger partial charge >= 0.3 is 0 Å². The maximum absolute atomic E-state index is 13.1. The molecule has 0 saturated carbocycles. The molecule has 1 aliphatic heterocycles. The van der Waals surface area contributed by atoms with Gasteiger partial charge in [-0.05, 0) is 25.3 Å². The van der Waals surface area contributed by atoms with Crippen LogP contribution in [0.3, 0.4) is 0 Å². The molecular formula is C19H22N4O3. The molecule has 3 heterocycles. The van der Waals surface area contributed by atoms with E-state index in [4.69, 9.17) is 4.42 Å². The average molecular weight is 354 g/mol. The predicted molar refractivity (Wildman–Crippen MR) is 95.7 cm³/mol. The van der Waals surface area contributed by atoms with Crippen LogP contribution in [0.15, 0.2) is 35.2 Å². The van der Waals surface area contributed by atoms with Crippen molar-refractivity contribution in [2.75, 3.05) is 13.1 Å². The Morgan fingerprint density at radius 2 is 2.27 bits per heavy atom. The molecule has 7 nitrogen and oxygen atoms in total. The van der Waals surface area contributed by atoms with Gasteiger partial charge in [-0.15, -0.1) is 10.2 Å². The molecule has 1 atom stereocenters. The molecule has 136 valence electrons. The van der Waals surface area contributed by atoms with Gasteiger partial charge in [-0.2, -0.15) is 0 Å². The molecule has 1 fully saturated rings. The molecule has 1 aromatic carbocycles. The Morgan fingerprint density at radius 3 is 3.04 bits per heavy atom. The van der Waals surface area contributed by atoms with E-state index in [2.05, 4.69) is 10.2 Å². The van der Waals surface area contributed by atoms with E-state index in [9.17, 15) is 9.90 Å². The Labute approximate surface area is 151 Å². The van der Waals surface area contributed by atoms with Gasteiger partial charge in [0, 0.05) is 25.4 Å². The minimum atomic E-state index is -0.996. The van der Waals surface area contributed by atoms with Gasteiger partial charge in [-0.3, -0.25) is 4.79 Å². The minimum absolute atomic E-state index is 0.106. The third-order valence-corrected chi connectivity index (χ3v) is 5.16. The number of piperidine rings is 1. The predicted octanol–water partition coefficient (Wildman–Crippen LogP) is 2.08. The first-order chi connectivity index (χ1) is 12.5. The minimum Gasteiger partial charge on any atom is -0.463 e. The number of nitrogens with zero attached hydrogens (tertiary/aromatic N) is 4. The monoisotopic (exact) mass is 354 g/mol. The van der Waals surface area contributed by atoms with Gasteiger partial charge in [0.15, 0.2) is 0 Å². The quantitative estimate of drug-likeness (QED) is 0.778. The number of amides is 1. The smallest absolute Gasteiger partial charge is 0.257 e. The lowest BCUT2D eigenvalue weighted by Crippen LogP contribution is -2.51. The summed E-state index contributed by atoms with van der Waals surface area (Å²) in [5.41, 5.74) is 1.29. The number of fused-ring (bicyclic) bond motifs is 1. The molecule has 1 unspecified atom stereocenters. The lowest BCUT2D eigenvalue weighted by molar-refractivity contribution is -0.0258. The normalized spacial score (nSPS) is 20.7. The van der Waals surface area contributed by atoms with Crippen LogP contribution in [-0.4, -0.2) is 49.4 Å². The fourth-order valence-electron chi connectivity index (χ4n) is 3.73. The number of hydrogen-bond acceptors (Lipinski definition) is 5. The number of benzene rings is 1. The lowest BCUT2D eigenvalue weighted by atomic mass is 9.89. The Kier molecular flexibility index (Phi) is 4.03. The molecule has 1 aliphatic rings. The summed E-state index contributed by atoms with van der Waals surface area (Å²) >= 11 is 0. The Hall–Kier alpha value is -2.67. The van der Waals surface area contributed by atoms with Crippen molar-refractivity contribution in [3.63, 3.8) is 0 Å². The molecule has 0 spiro atoms. The number of para-hydroxylation sites is 1. The molecule has 0 aliphatic carbocycles. The highest BCUT2D eigenvalue weighted by molar-refractivity contribution is 6.06. The molecule has 1 saturated heterocycles. The number of likely N-dealkylation sites (tertiary alicyclic amines) is 1. The van der Waals surface area contributed by atoms with Gasteiger partial charge in [0.25, 0.3) is 5.91 Å². The number of furan rings is 1. The first-order valence-electron chi connectivity index (χ1n) is 8.78. The fraction of sp³-hybridized carbons (Fsp3) is 0.421. The Bertz CT molecular complexity index is 961. The second kappa shape index (κ2) is 6.25. The summed E-state index contributed by atoms with van der Waals surface area (Å²) in [4.78, 5) is 14.8. The summed E-state index contributed by atoms with van der Waals surface area (Å²) in [6.45, 7) is 2.86. The van der Waals surface area contributed by atoms with E-state index in [1.165, 1.54) is 6.26 Å². The van der Waals surface area contributed by atoms with Crippen molar-refractivity contribution >= 4 is 16.9 Å². The van der Waals surface area contributed by atoms with Crippen molar-refractivity contribution in [2.45, 2.75) is 31.8 Å². The summed E-state index contributed by atoms with van der Waals surface area (Å²) in [5, 5.41) is 19.8. The molecule has 2 aromatic heterocycles. The third kappa shape index (κ3) is 2.88. The zero-order valence-electron chi connectivity index (χ0n) is 15.0. The number of hydrogen-bond donors (Lipinski definition) is 1. The van der Waals surface area contributed by atoms with Crippen LogP contribution in [0, 0.1) is 6.92 Å². The van der Waals surface area contributed by atoms with E-state index in [0.29, 0.717) is 30.8 Å². The topological polar surface area (TPSA) is 84.4 Å². The second-order valence-electron chi connectivity index (χ2n) is 7.19. The van der Waals surface area contributed by atoms with Crippen LogP contribution in [-0.2, 0) is 13.5 Å². The molecule has 1 amide bonds. The molecular weight excluding hydrogens is 332 g/mol. The molecule has 0 radical (unpaired) electrons. The molecule has 26 heavy (non-hydrogen) atoms. The van der Waals surface area contributed by atoms with E-state index in [1.54, 1.807) is 15.8 Å².